The van der Waals surface area contributed by atoms with Crippen LogP contribution in [-0.2, 0) is 6.54 Å². The highest BCUT2D eigenvalue weighted by atomic mass is 16.3. The summed E-state index contributed by atoms with van der Waals surface area (Å²) in [5, 5.41) is 13.0. The quantitative estimate of drug-likeness (QED) is 0.754. The second-order valence-corrected chi connectivity index (χ2v) is 5.65. The number of phenolic OH excluding ortho intramolecular Hbond substituents is 1. The van der Waals surface area contributed by atoms with Gasteiger partial charge in [-0.15, -0.1) is 0 Å². The van der Waals surface area contributed by atoms with Crippen LogP contribution in [0.4, 0.5) is 0 Å². The van der Waals surface area contributed by atoms with E-state index in [1.807, 2.05) is 12.1 Å². The topological polar surface area (TPSA) is 32.3 Å². The van der Waals surface area contributed by atoms with Gasteiger partial charge in [0.25, 0.3) is 0 Å². The van der Waals surface area contributed by atoms with Crippen LogP contribution in [0.2, 0.25) is 0 Å². The van der Waals surface area contributed by atoms with Crippen molar-refractivity contribution < 1.29 is 5.11 Å². The van der Waals surface area contributed by atoms with Crippen LogP contribution in [-0.4, -0.2) is 5.11 Å². The van der Waals surface area contributed by atoms with E-state index in [2.05, 4.69) is 53.8 Å². The third-order valence-electron chi connectivity index (χ3n) is 4.28. The summed E-state index contributed by atoms with van der Waals surface area (Å²) in [6.07, 6.45) is 0. The summed E-state index contributed by atoms with van der Waals surface area (Å²) in [7, 11) is 0. The standard InChI is InChI=1S/C20H17NO/c22-15-11-9-14(10-12-15)13-21-20-18-7-3-1-5-16(18)17-6-2-4-8-19(17)20/h1-12,20-22H,13H2. The lowest BCUT2D eigenvalue weighted by Gasteiger charge is -2.16. The number of hydrogen-bond acceptors (Lipinski definition) is 2. The molecule has 2 heteroatoms. The van der Waals surface area contributed by atoms with Gasteiger partial charge in [0, 0.05) is 6.54 Å². The average Bonchev–Trinajstić information content (AvgIpc) is 2.89. The second kappa shape index (κ2) is 5.32. The average molecular weight is 287 g/mol. The molecule has 4 rings (SSSR count). The SMILES string of the molecule is Oc1ccc(CNC2c3ccccc3-c3ccccc32)cc1. The van der Waals surface area contributed by atoms with Crippen molar-refractivity contribution in [1.82, 2.24) is 5.32 Å². The number of rotatable bonds is 3. The first-order valence-corrected chi connectivity index (χ1v) is 7.52. The first-order valence-electron chi connectivity index (χ1n) is 7.52. The van der Waals surface area contributed by atoms with Gasteiger partial charge < -0.3 is 10.4 Å². The Labute approximate surface area is 130 Å². The van der Waals surface area contributed by atoms with Crippen molar-refractivity contribution in [1.29, 1.82) is 0 Å². The summed E-state index contributed by atoms with van der Waals surface area (Å²) < 4.78 is 0. The summed E-state index contributed by atoms with van der Waals surface area (Å²) in [4.78, 5) is 0. The van der Waals surface area contributed by atoms with Gasteiger partial charge in [0.2, 0.25) is 0 Å². The summed E-state index contributed by atoms with van der Waals surface area (Å²) >= 11 is 0. The molecule has 22 heavy (non-hydrogen) atoms. The summed E-state index contributed by atoms with van der Waals surface area (Å²) in [6.45, 7) is 0.771. The molecule has 0 amide bonds. The number of benzene rings is 3. The van der Waals surface area contributed by atoms with Gasteiger partial charge in [-0.3, -0.25) is 0 Å². The molecule has 0 aliphatic heterocycles. The molecular formula is C20H17NO. The minimum atomic E-state index is 0.223. The Morgan fingerprint density at radius 2 is 1.27 bits per heavy atom. The highest BCUT2D eigenvalue weighted by Gasteiger charge is 2.27. The first-order chi connectivity index (χ1) is 10.8. The zero-order chi connectivity index (χ0) is 14.9. The minimum Gasteiger partial charge on any atom is -0.508 e. The summed E-state index contributed by atoms with van der Waals surface area (Å²) in [5.41, 5.74) is 6.48. The molecule has 1 aliphatic carbocycles. The van der Waals surface area contributed by atoms with Crippen molar-refractivity contribution in [3.05, 3.63) is 89.5 Å². The Balaban J connectivity index is 1.65. The predicted octanol–water partition coefficient (Wildman–Crippen LogP) is 4.25. The molecule has 0 atom stereocenters. The van der Waals surface area contributed by atoms with Crippen LogP contribution < -0.4 is 5.32 Å². The fourth-order valence-corrected chi connectivity index (χ4v) is 3.21. The first kappa shape index (κ1) is 13.1. The number of phenols is 1. The van der Waals surface area contributed by atoms with Crippen LogP contribution in [0.3, 0.4) is 0 Å². The van der Waals surface area contributed by atoms with Gasteiger partial charge >= 0.3 is 0 Å². The molecule has 0 saturated carbocycles. The largest absolute Gasteiger partial charge is 0.508 e. The fourth-order valence-electron chi connectivity index (χ4n) is 3.21. The highest BCUT2D eigenvalue weighted by molar-refractivity contribution is 5.78. The molecule has 0 radical (unpaired) electrons. The van der Waals surface area contributed by atoms with E-state index in [9.17, 15) is 5.11 Å². The molecule has 1 aliphatic rings. The monoisotopic (exact) mass is 287 g/mol. The highest BCUT2D eigenvalue weighted by Crippen LogP contribution is 2.43. The zero-order valence-corrected chi connectivity index (χ0v) is 12.2. The summed E-state index contributed by atoms with van der Waals surface area (Å²) in [6, 6.07) is 24.8. The molecule has 3 aromatic carbocycles. The van der Waals surface area contributed by atoms with Crippen molar-refractivity contribution in [3.63, 3.8) is 0 Å². The molecule has 0 bridgehead atoms. The van der Waals surface area contributed by atoms with Crippen molar-refractivity contribution >= 4 is 0 Å². The van der Waals surface area contributed by atoms with Gasteiger partial charge in [-0.05, 0) is 39.9 Å². The molecule has 3 aromatic rings. The Hall–Kier alpha value is -2.58. The van der Waals surface area contributed by atoms with Crippen LogP contribution in [0.25, 0.3) is 11.1 Å². The van der Waals surface area contributed by atoms with Crippen LogP contribution in [0.15, 0.2) is 72.8 Å². The third-order valence-corrected chi connectivity index (χ3v) is 4.28. The van der Waals surface area contributed by atoms with E-state index in [4.69, 9.17) is 0 Å². The lowest BCUT2D eigenvalue weighted by Crippen LogP contribution is -2.20. The number of hydrogen-bond donors (Lipinski definition) is 2. The van der Waals surface area contributed by atoms with Gasteiger partial charge in [-0.1, -0.05) is 60.7 Å². The molecule has 2 nitrogen and oxygen atoms in total. The van der Waals surface area contributed by atoms with Gasteiger partial charge in [0.05, 0.1) is 6.04 Å². The molecule has 0 fully saturated rings. The zero-order valence-electron chi connectivity index (χ0n) is 12.2. The van der Waals surface area contributed by atoms with Gasteiger partial charge in [0.1, 0.15) is 5.75 Å². The Morgan fingerprint density at radius 3 is 1.86 bits per heavy atom. The third kappa shape index (κ3) is 2.18. The second-order valence-electron chi connectivity index (χ2n) is 5.65. The van der Waals surface area contributed by atoms with Crippen LogP contribution in [0.5, 0.6) is 5.75 Å². The molecule has 0 unspecified atom stereocenters. The lowest BCUT2D eigenvalue weighted by molar-refractivity contribution is 0.475. The maximum atomic E-state index is 9.38. The fraction of sp³-hybridized carbons (Fsp3) is 0.100. The maximum absolute atomic E-state index is 9.38. The number of fused-ring (bicyclic) bond motifs is 3. The van der Waals surface area contributed by atoms with Gasteiger partial charge in [-0.25, -0.2) is 0 Å². The van der Waals surface area contributed by atoms with Gasteiger partial charge in [-0.2, -0.15) is 0 Å². The molecule has 108 valence electrons. The predicted molar refractivity (Wildman–Crippen MR) is 88.7 cm³/mol. The van der Waals surface area contributed by atoms with E-state index >= 15 is 0 Å². The molecule has 0 spiro atoms. The van der Waals surface area contributed by atoms with Crippen molar-refractivity contribution in [2.75, 3.05) is 0 Å². The van der Waals surface area contributed by atoms with Crippen molar-refractivity contribution in [2.45, 2.75) is 12.6 Å². The van der Waals surface area contributed by atoms with E-state index in [1.54, 1.807) is 12.1 Å². The minimum absolute atomic E-state index is 0.223. The Morgan fingerprint density at radius 1 is 0.727 bits per heavy atom. The van der Waals surface area contributed by atoms with E-state index in [1.165, 1.54) is 27.8 Å². The Bertz CT molecular complexity index is 762. The van der Waals surface area contributed by atoms with Crippen molar-refractivity contribution in [2.24, 2.45) is 0 Å². The van der Waals surface area contributed by atoms with Crippen LogP contribution in [0, 0.1) is 0 Å². The van der Waals surface area contributed by atoms with E-state index in [0.29, 0.717) is 5.75 Å². The van der Waals surface area contributed by atoms with E-state index < -0.39 is 0 Å². The normalized spacial score (nSPS) is 12.9. The van der Waals surface area contributed by atoms with Crippen LogP contribution in [0.1, 0.15) is 22.7 Å². The number of aromatic hydroxyl groups is 1. The molecule has 2 N–H and O–H groups in total. The lowest BCUT2D eigenvalue weighted by atomic mass is 10.0. The Kier molecular flexibility index (Phi) is 3.17. The van der Waals surface area contributed by atoms with Gasteiger partial charge in [0.15, 0.2) is 0 Å². The maximum Gasteiger partial charge on any atom is 0.115 e. The van der Waals surface area contributed by atoms with E-state index in [0.717, 1.165) is 6.54 Å². The smallest absolute Gasteiger partial charge is 0.115 e. The van der Waals surface area contributed by atoms with E-state index in [-0.39, 0.29) is 6.04 Å². The van der Waals surface area contributed by atoms with Crippen LogP contribution >= 0.6 is 0 Å². The molecule has 0 aromatic heterocycles. The summed E-state index contributed by atoms with van der Waals surface area (Å²) in [5.74, 6) is 0.306. The molecule has 0 heterocycles. The number of nitrogens with one attached hydrogen (secondary N) is 1. The van der Waals surface area contributed by atoms with Crippen molar-refractivity contribution in [3.8, 4) is 16.9 Å². The molecular weight excluding hydrogens is 270 g/mol. The molecule has 0 saturated heterocycles.